The van der Waals surface area contributed by atoms with Crippen molar-refractivity contribution in [3.05, 3.63) is 21.9 Å². The van der Waals surface area contributed by atoms with Crippen LogP contribution in [0.1, 0.15) is 16.2 Å². The summed E-state index contributed by atoms with van der Waals surface area (Å²) in [4.78, 5) is 10.4. The van der Waals surface area contributed by atoms with Gasteiger partial charge in [0.25, 0.3) is 0 Å². The van der Waals surface area contributed by atoms with Crippen LogP contribution in [0.15, 0.2) is 10.5 Å². The van der Waals surface area contributed by atoms with Gasteiger partial charge in [0.1, 0.15) is 5.69 Å². The maximum absolute atomic E-state index is 10.4. The summed E-state index contributed by atoms with van der Waals surface area (Å²) in [5.74, 6) is 0. The number of aryl methyl sites for hydroxylation is 1. The molecule has 0 atom stereocenters. The molecule has 1 rings (SSSR count). The average molecular weight is 267 g/mol. The zero-order valence-corrected chi connectivity index (χ0v) is 8.44. The number of nitrogens with zero attached hydrogens (tertiary/aromatic N) is 1. The fourth-order valence-electron chi connectivity index (χ4n) is 0.700. The summed E-state index contributed by atoms with van der Waals surface area (Å²) in [6.07, 6.45) is 0.797. The summed E-state index contributed by atoms with van der Waals surface area (Å²) in [6.45, 7) is 1.91. The van der Waals surface area contributed by atoms with Crippen LogP contribution in [0.25, 0.3) is 0 Å². The summed E-state index contributed by atoms with van der Waals surface area (Å²) in [6, 6.07) is 1.87. The second-order valence-corrected chi connectivity index (χ2v) is 3.48. The summed E-state index contributed by atoms with van der Waals surface area (Å²) < 4.78 is 2.47. The lowest BCUT2D eigenvalue weighted by Crippen LogP contribution is -1.88. The Labute approximate surface area is 75.7 Å². The Morgan fingerprint density at radius 3 is 2.50 bits per heavy atom. The number of rotatable bonds is 1. The van der Waals surface area contributed by atoms with E-state index in [-0.39, 0.29) is 0 Å². The SMILES string of the molecule is Cc1cc(Br)c(C=O)n1Br. The molecule has 0 saturated carbocycles. The van der Waals surface area contributed by atoms with E-state index in [1.165, 1.54) is 0 Å². The van der Waals surface area contributed by atoms with Gasteiger partial charge >= 0.3 is 0 Å². The van der Waals surface area contributed by atoms with Crippen molar-refractivity contribution in [1.82, 2.24) is 3.59 Å². The standard InChI is InChI=1S/C6H5Br2NO/c1-4-2-5(7)6(3-10)9(4)8/h2-3H,1H3. The molecule has 1 aromatic rings. The Morgan fingerprint density at radius 2 is 2.30 bits per heavy atom. The van der Waals surface area contributed by atoms with Gasteiger partial charge in [0.2, 0.25) is 0 Å². The van der Waals surface area contributed by atoms with Gasteiger partial charge in [-0.3, -0.25) is 8.39 Å². The van der Waals surface area contributed by atoms with Gasteiger partial charge in [-0.2, -0.15) is 0 Å². The highest BCUT2D eigenvalue weighted by atomic mass is 79.9. The molecule has 0 aliphatic rings. The zero-order chi connectivity index (χ0) is 7.72. The highest BCUT2D eigenvalue weighted by Gasteiger charge is 2.06. The van der Waals surface area contributed by atoms with Crippen LogP contribution in [-0.2, 0) is 0 Å². The van der Waals surface area contributed by atoms with Gasteiger partial charge in [-0.15, -0.1) is 0 Å². The second-order valence-electron chi connectivity index (χ2n) is 1.92. The van der Waals surface area contributed by atoms with Gasteiger partial charge in [-0.1, -0.05) is 0 Å². The molecule has 0 saturated heterocycles. The van der Waals surface area contributed by atoms with Gasteiger partial charge in [-0.25, -0.2) is 0 Å². The lowest BCUT2D eigenvalue weighted by Gasteiger charge is -1.92. The van der Waals surface area contributed by atoms with Crippen LogP contribution in [0.4, 0.5) is 0 Å². The topological polar surface area (TPSA) is 22.0 Å². The average Bonchev–Trinajstić information content (AvgIpc) is 2.09. The van der Waals surface area contributed by atoms with E-state index in [0.717, 1.165) is 16.5 Å². The molecule has 0 N–H and O–H groups in total. The van der Waals surface area contributed by atoms with Gasteiger partial charge in [0, 0.05) is 10.2 Å². The minimum Gasteiger partial charge on any atom is -0.296 e. The minimum atomic E-state index is 0.609. The monoisotopic (exact) mass is 265 g/mol. The van der Waals surface area contributed by atoms with E-state index < -0.39 is 0 Å². The summed E-state index contributed by atoms with van der Waals surface area (Å²) in [7, 11) is 0. The van der Waals surface area contributed by atoms with Gasteiger partial charge in [0.15, 0.2) is 6.29 Å². The molecule has 2 nitrogen and oxygen atoms in total. The molecule has 54 valence electrons. The molecule has 1 aromatic heterocycles. The first-order valence-electron chi connectivity index (χ1n) is 2.66. The van der Waals surface area contributed by atoms with Crippen molar-refractivity contribution in [3.63, 3.8) is 0 Å². The van der Waals surface area contributed by atoms with E-state index in [0.29, 0.717) is 5.69 Å². The van der Waals surface area contributed by atoms with Crippen molar-refractivity contribution >= 4 is 38.4 Å². The quantitative estimate of drug-likeness (QED) is 0.716. The highest BCUT2D eigenvalue weighted by molar-refractivity contribution is 9.10. The predicted molar refractivity (Wildman–Crippen MR) is 46.6 cm³/mol. The molecule has 10 heavy (non-hydrogen) atoms. The van der Waals surface area contributed by atoms with E-state index in [1.807, 2.05) is 13.0 Å². The van der Waals surface area contributed by atoms with Crippen molar-refractivity contribution in [3.8, 4) is 0 Å². The van der Waals surface area contributed by atoms with Gasteiger partial charge in [0.05, 0.1) is 16.1 Å². The van der Waals surface area contributed by atoms with E-state index in [4.69, 9.17) is 0 Å². The largest absolute Gasteiger partial charge is 0.296 e. The molecular formula is C6H5Br2NO. The van der Waals surface area contributed by atoms with Crippen LogP contribution < -0.4 is 0 Å². The van der Waals surface area contributed by atoms with E-state index in [1.54, 1.807) is 3.59 Å². The Bertz CT molecular complexity index is 267. The Morgan fingerprint density at radius 1 is 1.70 bits per heavy atom. The van der Waals surface area contributed by atoms with Crippen LogP contribution in [-0.4, -0.2) is 9.88 Å². The van der Waals surface area contributed by atoms with Crippen LogP contribution >= 0.6 is 32.1 Å². The fourth-order valence-corrected chi connectivity index (χ4v) is 1.92. The number of aromatic nitrogens is 1. The molecule has 0 bridgehead atoms. The van der Waals surface area contributed by atoms with Crippen molar-refractivity contribution in [2.45, 2.75) is 6.92 Å². The molecule has 0 aliphatic heterocycles. The Kier molecular flexibility index (Phi) is 2.31. The summed E-state index contributed by atoms with van der Waals surface area (Å²) >= 11 is 6.46. The predicted octanol–water partition coefficient (Wildman–Crippen LogP) is 2.53. The normalized spacial score (nSPS) is 9.90. The van der Waals surface area contributed by atoms with Gasteiger partial charge in [-0.05, 0) is 28.9 Å². The maximum Gasteiger partial charge on any atom is 0.168 e. The first-order valence-corrected chi connectivity index (χ1v) is 4.16. The smallest absolute Gasteiger partial charge is 0.168 e. The summed E-state index contributed by atoms with van der Waals surface area (Å²) in [5, 5.41) is 0. The molecular weight excluding hydrogens is 262 g/mol. The molecule has 0 fully saturated rings. The first-order chi connectivity index (χ1) is 4.66. The number of halogens is 2. The molecule has 0 unspecified atom stereocenters. The lowest BCUT2D eigenvalue weighted by molar-refractivity contribution is 0.111. The number of hydrogen-bond acceptors (Lipinski definition) is 1. The summed E-state index contributed by atoms with van der Waals surface area (Å²) in [5.41, 5.74) is 1.60. The van der Waals surface area contributed by atoms with Crippen molar-refractivity contribution in [2.75, 3.05) is 0 Å². The van der Waals surface area contributed by atoms with Crippen LogP contribution in [0.5, 0.6) is 0 Å². The Hall–Kier alpha value is -0.0900. The third-order valence-electron chi connectivity index (χ3n) is 1.21. The number of aldehydes is 1. The van der Waals surface area contributed by atoms with Gasteiger partial charge < -0.3 is 0 Å². The van der Waals surface area contributed by atoms with Crippen molar-refractivity contribution in [2.24, 2.45) is 0 Å². The molecule has 0 aromatic carbocycles. The molecule has 0 spiro atoms. The molecule has 4 heteroatoms. The molecule has 0 aliphatic carbocycles. The van der Waals surface area contributed by atoms with E-state index >= 15 is 0 Å². The number of carbonyl (C=O) groups excluding carboxylic acids is 1. The van der Waals surface area contributed by atoms with E-state index in [9.17, 15) is 4.79 Å². The third-order valence-corrected chi connectivity index (χ3v) is 2.79. The molecule has 0 radical (unpaired) electrons. The molecule has 1 heterocycles. The fraction of sp³-hybridized carbons (Fsp3) is 0.167. The second kappa shape index (κ2) is 2.88. The molecule has 0 amide bonds. The van der Waals surface area contributed by atoms with Crippen LogP contribution in [0, 0.1) is 6.92 Å². The first kappa shape index (κ1) is 8.01. The minimum absolute atomic E-state index is 0.609. The van der Waals surface area contributed by atoms with E-state index in [2.05, 4.69) is 32.1 Å². The number of carbonyl (C=O) groups is 1. The number of hydrogen-bond donors (Lipinski definition) is 0. The highest BCUT2D eigenvalue weighted by Crippen LogP contribution is 2.21. The maximum atomic E-state index is 10.4. The van der Waals surface area contributed by atoms with Crippen LogP contribution in [0.2, 0.25) is 0 Å². The third kappa shape index (κ3) is 1.18. The van der Waals surface area contributed by atoms with Crippen molar-refractivity contribution < 1.29 is 4.79 Å². The van der Waals surface area contributed by atoms with Crippen LogP contribution in [0.3, 0.4) is 0 Å². The lowest BCUT2D eigenvalue weighted by atomic mass is 10.4. The van der Waals surface area contributed by atoms with Crippen molar-refractivity contribution in [1.29, 1.82) is 0 Å². The Balaban J connectivity index is 3.33. The zero-order valence-electron chi connectivity index (χ0n) is 5.27.